The molecule has 3 aromatic rings. The summed E-state index contributed by atoms with van der Waals surface area (Å²) in [5.74, 6) is 1.36. The zero-order valence-corrected chi connectivity index (χ0v) is 14.5. The standard InChI is InChI=1S/C18H14BrN5/c1-12-2-5-15(8-16(12)19)24-18-9-17(21-11-22-18)23-14-6-3-13(10-20)4-7-14/h2-9,11H,1H3,(H2,21,22,23,24). The van der Waals surface area contributed by atoms with Crippen LogP contribution >= 0.6 is 15.9 Å². The first-order valence-corrected chi connectivity index (χ1v) is 8.06. The maximum Gasteiger partial charge on any atom is 0.135 e. The van der Waals surface area contributed by atoms with E-state index in [4.69, 9.17) is 5.26 Å². The predicted octanol–water partition coefficient (Wildman–Crippen LogP) is 4.91. The largest absolute Gasteiger partial charge is 0.340 e. The molecule has 5 nitrogen and oxygen atoms in total. The van der Waals surface area contributed by atoms with Gasteiger partial charge in [0.25, 0.3) is 0 Å². The molecule has 0 aliphatic carbocycles. The molecule has 0 spiro atoms. The van der Waals surface area contributed by atoms with Crippen LogP contribution in [-0.4, -0.2) is 9.97 Å². The fraction of sp³-hybridized carbons (Fsp3) is 0.0556. The molecule has 0 aliphatic heterocycles. The van der Waals surface area contributed by atoms with Gasteiger partial charge in [0.2, 0.25) is 0 Å². The summed E-state index contributed by atoms with van der Waals surface area (Å²) in [4.78, 5) is 8.45. The molecule has 24 heavy (non-hydrogen) atoms. The average molecular weight is 380 g/mol. The fourth-order valence-electron chi connectivity index (χ4n) is 2.09. The van der Waals surface area contributed by atoms with Crippen molar-refractivity contribution in [3.8, 4) is 6.07 Å². The number of aromatic nitrogens is 2. The van der Waals surface area contributed by atoms with Crippen molar-refractivity contribution in [2.24, 2.45) is 0 Å². The van der Waals surface area contributed by atoms with E-state index >= 15 is 0 Å². The molecule has 0 bridgehead atoms. The molecule has 2 N–H and O–H groups in total. The number of benzene rings is 2. The average Bonchev–Trinajstić information content (AvgIpc) is 2.59. The molecule has 1 heterocycles. The zero-order chi connectivity index (χ0) is 16.9. The van der Waals surface area contributed by atoms with Crippen molar-refractivity contribution < 1.29 is 0 Å². The summed E-state index contributed by atoms with van der Waals surface area (Å²) in [6.07, 6.45) is 1.50. The van der Waals surface area contributed by atoms with Gasteiger partial charge in [0.1, 0.15) is 18.0 Å². The highest BCUT2D eigenvalue weighted by Crippen LogP contribution is 2.24. The first kappa shape index (κ1) is 16.0. The lowest BCUT2D eigenvalue weighted by Crippen LogP contribution is -1.98. The van der Waals surface area contributed by atoms with Crippen LogP contribution in [0.5, 0.6) is 0 Å². The van der Waals surface area contributed by atoms with Gasteiger partial charge in [0.05, 0.1) is 11.6 Å². The van der Waals surface area contributed by atoms with Crippen LogP contribution in [0.2, 0.25) is 0 Å². The molecular weight excluding hydrogens is 366 g/mol. The van der Waals surface area contributed by atoms with Crippen LogP contribution in [-0.2, 0) is 0 Å². The van der Waals surface area contributed by atoms with Gasteiger partial charge in [-0.25, -0.2) is 9.97 Å². The van der Waals surface area contributed by atoms with E-state index in [0.29, 0.717) is 17.2 Å². The molecule has 3 rings (SSSR count). The number of nitrogens with zero attached hydrogens (tertiary/aromatic N) is 3. The molecule has 0 fully saturated rings. The van der Waals surface area contributed by atoms with Crippen LogP contribution in [0.1, 0.15) is 11.1 Å². The summed E-state index contributed by atoms with van der Waals surface area (Å²) < 4.78 is 1.04. The number of anilines is 4. The van der Waals surface area contributed by atoms with Gasteiger partial charge in [0.15, 0.2) is 0 Å². The second-order valence-corrected chi connectivity index (χ2v) is 6.05. The Hall–Kier alpha value is -2.91. The van der Waals surface area contributed by atoms with Crippen molar-refractivity contribution in [2.45, 2.75) is 6.92 Å². The molecule has 0 radical (unpaired) electrons. The van der Waals surface area contributed by atoms with Crippen molar-refractivity contribution >= 4 is 38.9 Å². The van der Waals surface area contributed by atoms with E-state index in [2.05, 4.69) is 42.6 Å². The second-order valence-electron chi connectivity index (χ2n) is 5.19. The minimum atomic E-state index is 0.621. The summed E-state index contributed by atoms with van der Waals surface area (Å²) >= 11 is 3.52. The van der Waals surface area contributed by atoms with Gasteiger partial charge < -0.3 is 10.6 Å². The summed E-state index contributed by atoms with van der Waals surface area (Å²) in [5, 5.41) is 15.3. The molecule has 0 saturated heterocycles. The quantitative estimate of drug-likeness (QED) is 0.673. The highest BCUT2D eigenvalue weighted by atomic mass is 79.9. The first-order valence-electron chi connectivity index (χ1n) is 7.26. The number of nitriles is 1. The Labute approximate surface area is 148 Å². The Kier molecular flexibility index (Phi) is 4.73. The van der Waals surface area contributed by atoms with E-state index in [9.17, 15) is 0 Å². The van der Waals surface area contributed by atoms with Crippen LogP contribution in [0.15, 0.2) is 59.3 Å². The monoisotopic (exact) mass is 379 g/mol. The molecule has 0 amide bonds. The van der Waals surface area contributed by atoms with Gasteiger partial charge in [-0.1, -0.05) is 22.0 Å². The Morgan fingerprint density at radius 2 is 1.54 bits per heavy atom. The minimum Gasteiger partial charge on any atom is -0.340 e. The van der Waals surface area contributed by atoms with Crippen LogP contribution < -0.4 is 10.6 Å². The number of rotatable bonds is 4. The molecular formula is C18H14BrN5. The lowest BCUT2D eigenvalue weighted by atomic mass is 10.2. The van der Waals surface area contributed by atoms with Gasteiger partial charge in [-0.05, 0) is 48.9 Å². The number of hydrogen-bond acceptors (Lipinski definition) is 5. The van der Waals surface area contributed by atoms with Crippen LogP contribution in [0.25, 0.3) is 0 Å². The third kappa shape index (κ3) is 3.89. The maximum absolute atomic E-state index is 8.83. The molecule has 2 aromatic carbocycles. The molecule has 0 aliphatic rings. The summed E-state index contributed by atoms with van der Waals surface area (Å²) in [7, 11) is 0. The van der Waals surface area contributed by atoms with Crippen molar-refractivity contribution in [1.82, 2.24) is 9.97 Å². The molecule has 118 valence electrons. The fourth-order valence-corrected chi connectivity index (χ4v) is 2.47. The number of halogens is 1. The summed E-state index contributed by atoms with van der Waals surface area (Å²) in [6, 6.07) is 17.1. The third-order valence-electron chi connectivity index (χ3n) is 3.40. The van der Waals surface area contributed by atoms with Gasteiger partial charge in [-0.3, -0.25) is 0 Å². The van der Waals surface area contributed by atoms with Crippen molar-refractivity contribution in [2.75, 3.05) is 10.6 Å². The van der Waals surface area contributed by atoms with Crippen LogP contribution in [0, 0.1) is 18.3 Å². The summed E-state index contributed by atoms with van der Waals surface area (Å²) in [5.41, 5.74) is 3.59. The first-order chi connectivity index (χ1) is 11.6. The maximum atomic E-state index is 8.83. The van der Waals surface area contributed by atoms with E-state index in [1.165, 1.54) is 11.9 Å². The molecule has 0 unspecified atom stereocenters. The summed E-state index contributed by atoms with van der Waals surface area (Å²) in [6.45, 7) is 2.04. The SMILES string of the molecule is Cc1ccc(Nc2cc(Nc3ccc(C#N)cc3)ncn2)cc1Br. The molecule has 1 aromatic heterocycles. The highest BCUT2D eigenvalue weighted by molar-refractivity contribution is 9.10. The van der Waals surface area contributed by atoms with E-state index in [1.54, 1.807) is 12.1 Å². The highest BCUT2D eigenvalue weighted by Gasteiger charge is 2.02. The van der Waals surface area contributed by atoms with Gasteiger partial charge >= 0.3 is 0 Å². The zero-order valence-electron chi connectivity index (χ0n) is 12.9. The number of aryl methyl sites for hydroxylation is 1. The van der Waals surface area contributed by atoms with E-state index < -0.39 is 0 Å². The van der Waals surface area contributed by atoms with Crippen molar-refractivity contribution in [3.63, 3.8) is 0 Å². The Morgan fingerprint density at radius 3 is 2.17 bits per heavy atom. The topological polar surface area (TPSA) is 73.6 Å². The lowest BCUT2D eigenvalue weighted by molar-refractivity contribution is 1.17. The smallest absolute Gasteiger partial charge is 0.135 e. The number of nitrogens with one attached hydrogen (secondary N) is 2. The predicted molar refractivity (Wildman–Crippen MR) is 98.6 cm³/mol. The van der Waals surface area contributed by atoms with Crippen molar-refractivity contribution in [3.05, 3.63) is 70.5 Å². The van der Waals surface area contributed by atoms with Gasteiger partial charge in [0, 0.05) is 21.9 Å². The normalized spacial score (nSPS) is 10.0. The Bertz CT molecular complexity index is 900. The number of hydrogen-bond donors (Lipinski definition) is 2. The van der Waals surface area contributed by atoms with Gasteiger partial charge in [-0.15, -0.1) is 0 Å². The molecule has 0 saturated carbocycles. The van der Waals surface area contributed by atoms with Crippen molar-refractivity contribution in [1.29, 1.82) is 5.26 Å². The molecule has 0 atom stereocenters. The van der Waals surface area contributed by atoms with Crippen LogP contribution in [0.3, 0.4) is 0 Å². The van der Waals surface area contributed by atoms with E-state index in [0.717, 1.165) is 15.8 Å². The Morgan fingerprint density at radius 1 is 0.917 bits per heavy atom. The Balaban J connectivity index is 1.75. The van der Waals surface area contributed by atoms with Gasteiger partial charge in [-0.2, -0.15) is 5.26 Å². The molecule has 6 heteroatoms. The second kappa shape index (κ2) is 7.11. The lowest BCUT2D eigenvalue weighted by Gasteiger charge is -2.09. The third-order valence-corrected chi connectivity index (χ3v) is 4.25. The van der Waals surface area contributed by atoms with E-state index in [1.807, 2.05) is 43.3 Å². The van der Waals surface area contributed by atoms with Crippen LogP contribution in [0.4, 0.5) is 23.0 Å². The minimum absolute atomic E-state index is 0.621. The van der Waals surface area contributed by atoms with E-state index in [-0.39, 0.29) is 0 Å².